The smallest absolute Gasteiger partial charge is 0.308 e. The molecular weight excluding hydrogens is 384 g/mol. The van der Waals surface area contributed by atoms with Crippen LogP contribution in [-0.2, 0) is 7.05 Å². The summed E-state index contributed by atoms with van der Waals surface area (Å²) in [6, 6.07) is 17.2. The van der Waals surface area contributed by atoms with Crippen molar-refractivity contribution in [2.24, 2.45) is 7.05 Å². The Morgan fingerprint density at radius 2 is 1.83 bits per heavy atom. The summed E-state index contributed by atoms with van der Waals surface area (Å²) in [5.74, 6) is 0.480. The number of urea groups is 1. The summed E-state index contributed by atoms with van der Waals surface area (Å²) in [4.78, 5) is 17.6. The van der Waals surface area contributed by atoms with Gasteiger partial charge in [0.05, 0.1) is 5.69 Å². The molecule has 146 valence electrons. The van der Waals surface area contributed by atoms with E-state index < -0.39 is 0 Å². The first kappa shape index (κ1) is 19.0. The third-order valence-electron chi connectivity index (χ3n) is 4.39. The minimum atomic E-state index is -0.341. The van der Waals surface area contributed by atoms with Crippen LogP contribution in [0.1, 0.15) is 0 Å². The summed E-state index contributed by atoms with van der Waals surface area (Å²) in [7, 11) is 3.71. The molecule has 0 bridgehead atoms. The van der Waals surface area contributed by atoms with E-state index in [1.54, 1.807) is 10.9 Å². The van der Waals surface area contributed by atoms with E-state index in [1.165, 1.54) is 11.9 Å². The Balaban J connectivity index is 1.47. The molecule has 0 spiro atoms. The molecule has 0 radical (unpaired) electrons. The lowest BCUT2D eigenvalue weighted by molar-refractivity contribution is 0.262. The van der Waals surface area contributed by atoms with Gasteiger partial charge in [0.1, 0.15) is 0 Å². The summed E-state index contributed by atoms with van der Waals surface area (Å²) in [6.45, 7) is 0. The Labute approximate surface area is 172 Å². The van der Waals surface area contributed by atoms with Gasteiger partial charge in [0.2, 0.25) is 0 Å². The van der Waals surface area contributed by atoms with Crippen molar-refractivity contribution in [3.05, 3.63) is 67.0 Å². The zero-order valence-electron chi connectivity index (χ0n) is 16.0. The number of aryl methyl sites for hydroxylation is 1. The number of rotatable bonds is 5. The van der Waals surface area contributed by atoms with Crippen LogP contribution < -0.4 is 15.4 Å². The molecule has 0 unspecified atom stereocenters. The normalized spacial score (nSPS) is 10.8. The lowest BCUT2D eigenvalue weighted by Crippen LogP contribution is -2.19. The fourth-order valence-electron chi connectivity index (χ4n) is 3.05. The molecule has 0 fully saturated rings. The number of nitrogens with zero attached hydrogens (tertiary/aromatic N) is 3. The number of aromatic nitrogens is 3. The summed E-state index contributed by atoms with van der Waals surface area (Å²) >= 11 is 1.51. The largest absolute Gasteiger partial charge is 0.324 e. The van der Waals surface area contributed by atoms with Gasteiger partial charge >= 0.3 is 6.03 Å². The molecule has 8 heteroatoms. The Morgan fingerprint density at radius 1 is 1.00 bits per heavy atom. The van der Waals surface area contributed by atoms with Crippen LogP contribution in [0.15, 0.2) is 71.9 Å². The first-order valence-electron chi connectivity index (χ1n) is 9.02. The molecule has 2 aromatic carbocycles. The van der Waals surface area contributed by atoms with Crippen molar-refractivity contribution >= 4 is 40.3 Å². The maximum Gasteiger partial charge on any atom is 0.324 e. The average molecular weight is 404 g/mol. The number of carbonyl (C=O) groups excluding carboxylic acids is 1. The van der Waals surface area contributed by atoms with Gasteiger partial charge in [0.15, 0.2) is 5.82 Å². The molecule has 7 nitrogen and oxygen atoms in total. The summed E-state index contributed by atoms with van der Waals surface area (Å²) < 4.78 is 4.76. The highest BCUT2D eigenvalue weighted by molar-refractivity contribution is 7.97. The number of pyridine rings is 1. The number of hydrogen-bond acceptors (Lipinski definition) is 5. The molecule has 0 aliphatic rings. The van der Waals surface area contributed by atoms with Crippen LogP contribution in [0, 0.1) is 0 Å². The lowest BCUT2D eigenvalue weighted by Gasteiger charge is -2.06. The average Bonchev–Trinajstić information content (AvgIpc) is 3.09. The number of fused-ring (bicyclic) bond motifs is 1. The second kappa shape index (κ2) is 8.34. The molecule has 0 saturated heterocycles. The van der Waals surface area contributed by atoms with E-state index in [4.69, 9.17) is 0 Å². The van der Waals surface area contributed by atoms with Crippen molar-refractivity contribution in [1.29, 1.82) is 0 Å². The number of anilines is 2. The second-order valence-corrected chi connectivity index (χ2v) is 7.47. The van der Waals surface area contributed by atoms with Gasteiger partial charge in [-0.25, -0.2) is 4.79 Å². The standard InChI is InChI=1S/C21H20N6OS/c1-22-29-18-7-5-17(6-8-18)24-21(28)25-20-12-19(27(2)26-20)15-4-3-14-9-10-23-13-16(14)11-15/h3-13,22H,1-2H3,(H2,24,25,26,28). The van der Waals surface area contributed by atoms with E-state index in [9.17, 15) is 4.79 Å². The second-order valence-electron chi connectivity index (χ2n) is 6.39. The van der Waals surface area contributed by atoms with Crippen molar-refractivity contribution in [2.75, 3.05) is 17.7 Å². The highest BCUT2D eigenvalue weighted by Crippen LogP contribution is 2.26. The van der Waals surface area contributed by atoms with Crippen molar-refractivity contribution in [2.45, 2.75) is 4.90 Å². The zero-order chi connectivity index (χ0) is 20.2. The topological polar surface area (TPSA) is 83.9 Å². The Morgan fingerprint density at radius 3 is 2.62 bits per heavy atom. The molecule has 2 amide bonds. The van der Waals surface area contributed by atoms with E-state index in [0.29, 0.717) is 11.5 Å². The highest BCUT2D eigenvalue weighted by atomic mass is 32.2. The van der Waals surface area contributed by atoms with Gasteiger partial charge in [-0.15, -0.1) is 0 Å². The fourth-order valence-corrected chi connectivity index (χ4v) is 3.55. The van der Waals surface area contributed by atoms with Gasteiger partial charge in [-0.05, 0) is 60.8 Å². The molecule has 0 aliphatic heterocycles. The third-order valence-corrected chi connectivity index (χ3v) is 5.10. The molecule has 2 aromatic heterocycles. The maximum absolute atomic E-state index is 12.3. The number of carbonyl (C=O) groups is 1. The van der Waals surface area contributed by atoms with E-state index in [0.717, 1.165) is 26.9 Å². The van der Waals surface area contributed by atoms with Gasteiger partial charge in [0.25, 0.3) is 0 Å². The monoisotopic (exact) mass is 404 g/mol. The molecule has 2 heterocycles. The van der Waals surface area contributed by atoms with E-state index in [1.807, 2.05) is 62.8 Å². The number of amides is 2. The van der Waals surface area contributed by atoms with Crippen LogP contribution >= 0.6 is 11.9 Å². The molecule has 4 aromatic rings. The van der Waals surface area contributed by atoms with Crippen LogP contribution in [0.3, 0.4) is 0 Å². The molecule has 3 N–H and O–H groups in total. The first-order valence-corrected chi connectivity index (χ1v) is 9.84. The number of nitrogens with one attached hydrogen (secondary N) is 3. The highest BCUT2D eigenvalue weighted by Gasteiger charge is 2.11. The van der Waals surface area contributed by atoms with Crippen molar-refractivity contribution in [3.63, 3.8) is 0 Å². The Kier molecular flexibility index (Phi) is 5.46. The van der Waals surface area contributed by atoms with Crippen LogP contribution in [-0.4, -0.2) is 27.8 Å². The van der Waals surface area contributed by atoms with E-state index in [-0.39, 0.29) is 6.03 Å². The lowest BCUT2D eigenvalue weighted by atomic mass is 10.1. The minimum Gasteiger partial charge on any atom is -0.308 e. The van der Waals surface area contributed by atoms with Crippen molar-refractivity contribution in [1.82, 2.24) is 19.5 Å². The van der Waals surface area contributed by atoms with Gasteiger partial charge in [-0.2, -0.15) is 5.10 Å². The Hall–Kier alpha value is -3.36. The van der Waals surface area contributed by atoms with Crippen LogP contribution in [0.4, 0.5) is 16.3 Å². The van der Waals surface area contributed by atoms with Crippen LogP contribution in [0.25, 0.3) is 22.0 Å². The van der Waals surface area contributed by atoms with Gasteiger partial charge in [-0.3, -0.25) is 19.7 Å². The molecule has 0 atom stereocenters. The van der Waals surface area contributed by atoms with Gasteiger partial charge < -0.3 is 5.32 Å². The third kappa shape index (κ3) is 4.39. The maximum atomic E-state index is 12.3. The number of hydrogen-bond donors (Lipinski definition) is 3. The first-order chi connectivity index (χ1) is 14.1. The molecule has 29 heavy (non-hydrogen) atoms. The Bertz CT molecular complexity index is 1160. The van der Waals surface area contributed by atoms with Crippen molar-refractivity contribution in [3.8, 4) is 11.3 Å². The number of benzene rings is 2. The van der Waals surface area contributed by atoms with Gasteiger partial charge in [0, 0.05) is 47.0 Å². The van der Waals surface area contributed by atoms with Crippen molar-refractivity contribution < 1.29 is 4.79 Å². The van der Waals surface area contributed by atoms with Gasteiger partial charge in [-0.1, -0.05) is 12.1 Å². The predicted octanol–water partition coefficient (Wildman–Crippen LogP) is 4.51. The van der Waals surface area contributed by atoms with Crippen LogP contribution in [0.5, 0.6) is 0 Å². The molecule has 0 aliphatic carbocycles. The summed E-state index contributed by atoms with van der Waals surface area (Å²) in [5, 5.41) is 12.2. The zero-order valence-corrected chi connectivity index (χ0v) is 16.8. The SMILES string of the molecule is CNSc1ccc(NC(=O)Nc2cc(-c3ccc4ccncc4c3)n(C)n2)cc1. The molecule has 0 saturated carbocycles. The fraction of sp³-hybridized carbons (Fsp3) is 0.0952. The van der Waals surface area contributed by atoms with E-state index >= 15 is 0 Å². The summed E-state index contributed by atoms with van der Waals surface area (Å²) in [5.41, 5.74) is 2.62. The van der Waals surface area contributed by atoms with E-state index in [2.05, 4.69) is 37.6 Å². The molecule has 4 rings (SSSR count). The quantitative estimate of drug-likeness (QED) is 0.426. The predicted molar refractivity (Wildman–Crippen MR) is 118 cm³/mol. The molecular formula is C21H20N6OS. The summed E-state index contributed by atoms with van der Waals surface area (Å²) in [6.07, 6.45) is 3.61. The minimum absolute atomic E-state index is 0.341. The van der Waals surface area contributed by atoms with Crippen LogP contribution in [0.2, 0.25) is 0 Å².